The lowest BCUT2D eigenvalue weighted by molar-refractivity contribution is -0.118. The molecule has 0 aromatic heterocycles. The Kier molecular flexibility index (Phi) is 6.74. The second-order valence-corrected chi connectivity index (χ2v) is 3.71. The predicted octanol–water partition coefficient (Wildman–Crippen LogP) is 1.84. The van der Waals surface area contributed by atoms with Crippen LogP contribution in [-0.4, -0.2) is 11.7 Å². The van der Waals surface area contributed by atoms with Crippen LogP contribution in [0.25, 0.3) is 0 Å². The quantitative estimate of drug-likeness (QED) is 0.374. The van der Waals surface area contributed by atoms with Crippen LogP contribution in [0.1, 0.15) is 0 Å². The molecule has 1 aromatic rings. The number of nitrogens with one attached hydrogen (secondary N) is 1. The van der Waals surface area contributed by atoms with Crippen LogP contribution in [0.3, 0.4) is 0 Å². The van der Waals surface area contributed by atoms with Crippen LogP contribution >= 0.6 is 35.8 Å². The molecular weight excluding hydrogens is 243 g/mol. The Hall–Kier alpha value is -0.420. The monoisotopic (exact) mass is 252 g/mol. The van der Waals surface area contributed by atoms with Gasteiger partial charge < -0.3 is 0 Å². The molecule has 1 amide bonds. The van der Waals surface area contributed by atoms with Gasteiger partial charge in [-0.05, 0) is 12.1 Å². The number of rotatable bonds is 3. The molecular formula is C8H10Cl2N2OS. The molecule has 1 rings (SSSR count). The van der Waals surface area contributed by atoms with E-state index in [2.05, 4.69) is 5.43 Å². The number of nitrogens with two attached hydrogens (primary N) is 1. The highest BCUT2D eigenvalue weighted by molar-refractivity contribution is 8.00. The molecule has 0 saturated heterocycles. The Morgan fingerprint density at radius 3 is 2.71 bits per heavy atom. The van der Waals surface area contributed by atoms with Gasteiger partial charge in [0.25, 0.3) is 0 Å². The number of halogens is 2. The molecule has 3 N–H and O–H groups in total. The summed E-state index contributed by atoms with van der Waals surface area (Å²) in [6.07, 6.45) is 0. The van der Waals surface area contributed by atoms with E-state index in [1.807, 2.05) is 18.2 Å². The minimum absolute atomic E-state index is 0. The van der Waals surface area contributed by atoms with E-state index in [4.69, 9.17) is 17.4 Å². The van der Waals surface area contributed by atoms with Crippen molar-refractivity contribution in [2.75, 3.05) is 5.75 Å². The summed E-state index contributed by atoms with van der Waals surface area (Å²) in [5, 5.41) is 0.650. The minimum Gasteiger partial charge on any atom is -0.294 e. The molecule has 0 bridgehead atoms. The maximum absolute atomic E-state index is 10.8. The van der Waals surface area contributed by atoms with Gasteiger partial charge in [0.15, 0.2) is 0 Å². The number of hydrogen-bond acceptors (Lipinski definition) is 3. The lowest BCUT2D eigenvalue weighted by atomic mass is 10.4. The van der Waals surface area contributed by atoms with Crippen LogP contribution in [0.2, 0.25) is 5.02 Å². The summed E-state index contributed by atoms with van der Waals surface area (Å²) in [7, 11) is 0. The maximum Gasteiger partial charge on any atom is 0.244 e. The Balaban J connectivity index is 0.00000169. The number of benzene rings is 1. The molecule has 3 nitrogen and oxygen atoms in total. The zero-order valence-electron chi connectivity index (χ0n) is 7.20. The number of hydrogen-bond donors (Lipinski definition) is 2. The average molecular weight is 253 g/mol. The largest absolute Gasteiger partial charge is 0.294 e. The van der Waals surface area contributed by atoms with Crippen molar-refractivity contribution in [2.45, 2.75) is 4.90 Å². The smallest absolute Gasteiger partial charge is 0.244 e. The molecule has 0 atom stereocenters. The van der Waals surface area contributed by atoms with Crippen molar-refractivity contribution < 1.29 is 4.79 Å². The molecule has 0 heterocycles. The van der Waals surface area contributed by atoms with Crippen LogP contribution in [0.15, 0.2) is 29.2 Å². The lowest BCUT2D eigenvalue weighted by Crippen LogP contribution is -2.31. The third kappa shape index (κ3) is 4.19. The summed E-state index contributed by atoms with van der Waals surface area (Å²) in [4.78, 5) is 11.7. The van der Waals surface area contributed by atoms with Crippen LogP contribution in [0.5, 0.6) is 0 Å². The number of hydrazine groups is 1. The Morgan fingerprint density at radius 2 is 2.14 bits per heavy atom. The van der Waals surface area contributed by atoms with Crippen molar-refractivity contribution in [3.63, 3.8) is 0 Å². The zero-order chi connectivity index (χ0) is 9.68. The fourth-order valence-corrected chi connectivity index (χ4v) is 1.80. The number of amides is 1. The fourth-order valence-electron chi connectivity index (χ4n) is 0.747. The van der Waals surface area contributed by atoms with Crippen LogP contribution in [-0.2, 0) is 4.79 Å². The number of carbonyl (C=O) groups is 1. The summed E-state index contributed by atoms with van der Waals surface area (Å²) in [5.41, 5.74) is 2.05. The van der Waals surface area contributed by atoms with Crippen molar-refractivity contribution in [3.8, 4) is 0 Å². The third-order valence-electron chi connectivity index (χ3n) is 1.36. The summed E-state index contributed by atoms with van der Waals surface area (Å²) >= 11 is 7.22. The summed E-state index contributed by atoms with van der Waals surface area (Å²) in [6, 6.07) is 7.35. The van der Waals surface area contributed by atoms with Gasteiger partial charge in [0.2, 0.25) is 5.91 Å². The molecule has 0 aliphatic carbocycles. The van der Waals surface area contributed by atoms with E-state index in [1.54, 1.807) is 6.07 Å². The predicted molar refractivity (Wildman–Crippen MR) is 61.8 cm³/mol. The van der Waals surface area contributed by atoms with E-state index >= 15 is 0 Å². The van der Waals surface area contributed by atoms with Gasteiger partial charge in [-0.3, -0.25) is 10.2 Å². The lowest BCUT2D eigenvalue weighted by Gasteiger charge is -2.01. The SMILES string of the molecule is Cl.NNC(=O)CSc1ccccc1Cl. The minimum atomic E-state index is -0.218. The van der Waals surface area contributed by atoms with Gasteiger partial charge in [-0.2, -0.15) is 0 Å². The van der Waals surface area contributed by atoms with E-state index < -0.39 is 0 Å². The average Bonchev–Trinajstić information content (AvgIpc) is 2.16. The molecule has 6 heteroatoms. The maximum atomic E-state index is 10.8. The normalized spacial score (nSPS) is 9.00. The van der Waals surface area contributed by atoms with E-state index in [1.165, 1.54) is 11.8 Å². The Bertz CT molecular complexity index is 309. The van der Waals surface area contributed by atoms with Crippen molar-refractivity contribution in [2.24, 2.45) is 5.84 Å². The molecule has 14 heavy (non-hydrogen) atoms. The van der Waals surface area contributed by atoms with Gasteiger partial charge in [0.1, 0.15) is 0 Å². The first kappa shape index (κ1) is 13.6. The zero-order valence-corrected chi connectivity index (χ0v) is 9.59. The molecule has 0 spiro atoms. The molecule has 0 unspecified atom stereocenters. The van der Waals surface area contributed by atoms with Crippen molar-refractivity contribution >= 4 is 41.7 Å². The van der Waals surface area contributed by atoms with Gasteiger partial charge in [0, 0.05) is 4.90 Å². The van der Waals surface area contributed by atoms with Crippen LogP contribution < -0.4 is 11.3 Å². The molecule has 0 saturated carbocycles. The second-order valence-electron chi connectivity index (χ2n) is 2.29. The molecule has 0 fully saturated rings. The summed E-state index contributed by atoms with van der Waals surface area (Å²) in [5.74, 6) is 4.99. The standard InChI is InChI=1S/C8H9ClN2OS.ClH/c9-6-3-1-2-4-7(6)13-5-8(12)11-10;/h1-4H,5,10H2,(H,11,12);1H. The van der Waals surface area contributed by atoms with E-state index in [-0.39, 0.29) is 24.1 Å². The van der Waals surface area contributed by atoms with Gasteiger partial charge >= 0.3 is 0 Å². The van der Waals surface area contributed by atoms with E-state index in [0.717, 1.165) is 4.90 Å². The van der Waals surface area contributed by atoms with Gasteiger partial charge in [-0.25, -0.2) is 5.84 Å². The molecule has 0 radical (unpaired) electrons. The van der Waals surface area contributed by atoms with Gasteiger partial charge in [-0.15, -0.1) is 24.2 Å². The number of thioether (sulfide) groups is 1. The van der Waals surface area contributed by atoms with Gasteiger partial charge in [-0.1, -0.05) is 23.7 Å². The highest BCUT2D eigenvalue weighted by Gasteiger charge is 2.02. The Morgan fingerprint density at radius 1 is 1.50 bits per heavy atom. The number of carbonyl (C=O) groups excluding carboxylic acids is 1. The highest BCUT2D eigenvalue weighted by atomic mass is 35.5. The second kappa shape index (κ2) is 6.95. The van der Waals surface area contributed by atoms with E-state index in [0.29, 0.717) is 5.02 Å². The first-order chi connectivity index (χ1) is 6.24. The molecule has 1 aromatic carbocycles. The topological polar surface area (TPSA) is 55.1 Å². The molecule has 0 aliphatic rings. The van der Waals surface area contributed by atoms with Crippen LogP contribution in [0.4, 0.5) is 0 Å². The first-order valence-corrected chi connectivity index (χ1v) is 4.97. The van der Waals surface area contributed by atoms with Crippen molar-refractivity contribution in [1.29, 1.82) is 0 Å². The third-order valence-corrected chi connectivity index (χ3v) is 2.87. The van der Waals surface area contributed by atoms with Crippen LogP contribution in [0, 0.1) is 0 Å². The fraction of sp³-hybridized carbons (Fsp3) is 0.125. The van der Waals surface area contributed by atoms with Crippen molar-refractivity contribution in [1.82, 2.24) is 5.43 Å². The van der Waals surface area contributed by atoms with Gasteiger partial charge in [0.05, 0.1) is 10.8 Å². The Labute approximate surface area is 97.8 Å². The first-order valence-electron chi connectivity index (χ1n) is 3.61. The molecule has 78 valence electrons. The van der Waals surface area contributed by atoms with E-state index in [9.17, 15) is 4.79 Å². The van der Waals surface area contributed by atoms with Crippen molar-refractivity contribution in [3.05, 3.63) is 29.3 Å². The summed E-state index contributed by atoms with van der Waals surface area (Å²) in [6.45, 7) is 0. The highest BCUT2D eigenvalue weighted by Crippen LogP contribution is 2.25. The molecule has 0 aliphatic heterocycles. The summed E-state index contributed by atoms with van der Waals surface area (Å²) < 4.78 is 0.